The molecular formula is C23H19NO2. The van der Waals surface area contributed by atoms with Crippen LogP contribution >= 0.6 is 0 Å². The molecule has 0 heterocycles. The number of rotatable bonds is 3. The van der Waals surface area contributed by atoms with Crippen molar-refractivity contribution in [1.29, 1.82) is 0 Å². The van der Waals surface area contributed by atoms with Gasteiger partial charge in [-0.05, 0) is 52.2 Å². The lowest BCUT2D eigenvalue weighted by Crippen LogP contribution is -2.07. The van der Waals surface area contributed by atoms with Crippen LogP contribution in [0.4, 0.5) is 5.69 Å². The molecule has 0 aromatic heterocycles. The zero-order chi connectivity index (χ0) is 18.1. The average Bonchev–Trinajstić information content (AvgIpc) is 2.67. The van der Waals surface area contributed by atoms with E-state index in [1.54, 1.807) is 12.1 Å². The summed E-state index contributed by atoms with van der Waals surface area (Å²) < 4.78 is 5.63. The molecule has 0 saturated heterocycles. The fraction of sp³-hybridized carbons (Fsp3) is 0.0870. The van der Waals surface area contributed by atoms with Crippen molar-refractivity contribution >= 4 is 33.2 Å². The minimum atomic E-state index is -0.367. The van der Waals surface area contributed by atoms with Crippen molar-refractivity contribution in [3.8, 4) is 0 Å². The molecule has 4 rings (SSSR count). The van der Waals surface area contributed by atoms with E-state index in [1.807, 2.05) is 37.3 Å². The van der Waals surface area contributed by atoms with E-state index in [0.717, 1.165) is 32.7 Å². The van der Waals surface area contributed by atoms with Crippen LogP contribution in [0.3, 0.4) is 0 Å². The average molecular weight is 341 g/mol. The van der Waals surface area contributed by atoms with Crippen LogP contribution in [0.5, 0.6) is 0 Å². The first-order chi connectivity index (χ1) is 12.6. The molecule has 0 aliphatic carbocycles. The van der Waals surface area contributed by atoms with Gasteiger partial charge in [0.1, 0.15) is 6.61 Å². The SMILES string of the molecule is Cc1ccc(C(=O)OCc2c3ccccc3cc3ccccc23)cc1N. The second kappa shape index (κ2) is 6.52. The lowest BCUT2D eigenvalue weighted by Gasteiger charge is -2.12. The van der Waals surface area contributed by atoms with Gasteiger partial charge in [0.2, 0.25) is 0 Å². The van der Waals surface area contributed by atoms with Gasteiger partial charge in [-0.3, -0.25) is 0 Å². The highest BCUT2D eigenvalue weighted by atomic mass is 16.5. The van der Waals surface area contributed by atoms with Gasteiger partial charge in [-0.15, -0.1) is 0 Å². The number of anilines is 1. The van der Waals surface area contributed by atoms with Crippen LogP contribution in [0.15, 0.2) is 72.8 Å². The lowest BCUT2D eigenvalue weighted by atomic mass is 9.97. The number of carbonyl (C=O) groups is 1. The normalized spacial score (nSPS) is 11.0. The molecule has 0 atom stereocenters. The first-order valence-electron chi connectivity index (χ1n) is 8.56. The Bertz CT molecular complexity index is 1080. The summed E-state index contributed by atoms with van der Waals surface area (Å²) in [6, 6.07) is 23.7. The predicted octanol–water partition coefficient (Wildman–Crippen LogP) is 5.24. The van der Waals surface area contributed by atoms with Crippen molar-refractivity contribution in [1.82, 2.24) is 0 Å². The summed E-state index contributed by atoms with van der Waals surface area (Å²) in [4.78, 5) is 12.5. The summed E-state index contributed by atoms with van der Waals surface area (Å²) in [5.41, 5.74) is 8.94. The number of benzene rings is 4. The number of nitrogen functional groups attached to an aromatic ring is 1. The Balaban J connectivity index is 1.71. The summed E-state index contributed by atoms with van der Waals surface area (Å²) >= 11 is 0. The summed E-state index contributed by atoms with van der Waals surface area (Å²) in [5, 5.41) is 4.47. The lowest BCUT2D eigenvalue weighted by molar-refractivity contribution is 0.0476. The Morgan fingerprint density at radius 1 is 0.885 bits per heavy atom. The molecule has 0 aliphatic heterocycles. The van der Waals surface area contributed by atoms with Crippen molar-refractivity contribution in [3.63, 3.8) is 0 Å². The second-order valence-electron chi connectivity index (χ2n) is 6.44. The largest absolute Gasteiger partial charge is 0.457 e. The Kier molecular flexibility index (Phi) is 4.05. The minimum Gasteiger partial charge on any atom is -0.457 e. The van der Waals surface area contributed by atoms with Crippen molar-refractivity contribution in [2.45, 2.75) is 13.5 Å². The molecule has 26 heavy (non-hydrogen) atoms. The Morgan fingerprint density at radius 2 is 1.50 bits per heavy atom. The number of nitrogens with two attached hydrogens (primary N) is 1. The van der Waals surface area contributed by atoms with Crippen LogP contribution in [-0.4, -0.2) is 5.97 Å². The molecule has 3 nitrogen and oxygen atoms in total. The molecule has 4 aromatic rings. The van der Waals surface area contributed by atoms with E-state index in [-0.39, 0.29) is 12.6 Å². The third-order valence-electron chi connectivity index (χ3n) is 4.75. The van der Waals surface area contributed by atoms with Gasteiger partial charge in [0.15, 0.2) is 0 Å². The molecule has 0 saturated carbocycles. The van der Waals surface area contributed by atoms with Gasteiger partial charge in [0.25, 0.3) is 0 Å². The molecule has 4 aromatic carbocycles. The number of hydrogen-bond acceptors (Lipinski definition) is 3. The van der Waals surface area contributed by atoms with Crippen LogP contribution in [0, 0.1) is 6.92 Å². The molecule has 0 fully saturated rings. The molecule has 0 radical (unpaired) electrons. The van der Waals surface area contributed by atoms with Gasteiger partial charge in [-0.2, -0.15) is 0 Å². The molecule has 0 spiro atoms. The van der Waals surface area contributed by atoms with Crippen LogP contribution in [0.25, 0.3) is 21.5 Å². The maximum absolute atomic E-state index is 12.5. The Labute approximate surface area is 152 Å². The third kappa shape index (κ3) is 2.88. The standard InChI is InChI=1S/C23H19NO2/c1-15-10-11-18(13-22(15)24)23(25)26-14-21-19-8-4-2-6-16(19)12-17-7-3-5-9-20(17)21/h2-13H,14,24H2,1H3. The van der Waals surface area contributed by atoms with E-state index < -0.39 is 0 Å². The maximum Gasteiger partial charge on any atom is 0.338 e. The molecule has 0 amide bonds. The Morgan fingerprint density at radius 3 is 2.12 bits per heavy atom. The second-order valence-corrected chi connectivity index (χ2v) is 6.44. The number of esters is 1. The number of fused-ring (bicyclic) bond motifs is 2. The van der Waals surface area contributed by atoms with Gasteiger partial charge in [-0.25, -0.2) is 4.79 Å². The number of carbonyl (C=O) groups excluding carboxylic acids is 1. The summed E-state index contributed by atoms with van der Waals surface area (Å²) in [7, 11) is 0. The smallest absolute Gasteiger partial charge is 0.338 e. The molecular weight excluding hydrogens is 322 g/mol. The molecule has 0 unspecified atom stereocenters. The van der Waals surface area contributed by atoms with Crippen LogP contribution in [0.1, 0.15) is 21.5 Å². The zero-order valence-corrected chi connectivity index (χ0v) is 14.5. The molecule has 3 heteroatoms. The highest BCUT2D eigenvalue weighted by Crippen LogP contribution is 2.29. The molecule has 0 aliphatic rings. The van der Waals surface area contributed by atoms with Crippen molar-refractivity contribution in [2.24, 2.45) is 0 Å². The first-order valence-corrected chi connectivity index (χ1v) is 8.56. The van der Waals surface area contributed by atoms with E-state index in [2.05, 4.69) is 30.3 Å². The summed E-state index contributed by atoms with van der Waals surface area (Å²) in [5.74, 6) is -0.367. The highest BCUT2D eigenvalue weighted by molar-refractivity contribution is 6.02. The summed E-state index contributed by atoms with van der Waals surface area (Å²) in [6.45, 7) is 2.13. The van der Waals surface area contributed by atoms with Crippen LogP contribution in [-0.2, 0) is 11.3 Å². The monoisotopic (exact) mass is 341 g/mol. The van der Waals surface area contributed by atoms with E-state index in [9.17, 15) is 4.79 Å². The van der Waals surface area contributed by atoms with E-state index in [0.29, 0.717) is 11.3 Å². The van der Waals surface area contributed by atoms with Gasteiger partial charge < -0.3 is 10.5 Å². The third-order valence-corrected chi connectivity index (χ3v) is 4.75. The highest BCUT2D eigenvalue weighted by Gasteiger charge is 2.12. The van der Waals surface area contributed by atoms with E-state index >= 15 is 0 Å². The van der Waals surface area contributed by atoms with E-state index in [4.69, 9.17) is 10.5 Å². The van der Waals surface area contributed by atoms with Crippen molar-refractivity contribution in [3.05, 3.63) is 89.5 Å². The van der Waals surface area contributed by atoms with Gasteiger partial charge >= 0.3 is 5.97 Å². The number of hydrogen-bond donors (Lipinski definition) is 1. The predicted molar refractivity (Wildman–Crippen MR) is 106 cm³/mol. The van der Waals surface area contributed by atoms with E-state index in [1.165, 1.54) is 0 Å². The topological polar surface area (TPSA) is 52.3 Å². The zero-order valence-electron chi connectivity index (χ0n) is 14.5. The fourth-order valence-corrected chi connectivity index (χ4v) is 3.25. The summed E-state index contributed by atoms with van der Waals surface area (Å²) in [6.07, 6.45) is 0. The van der Waals surface area contributed by atoms with Gasteiger partial charge in [0.05, 0.1) is 5.56 Å². The maximum atomic E-state index is 12.5. The Hall–Kier alpha value is -3.33. The molecule has 2 N–H and O–H groups in total. The fourth-order valence-electron chi connectivity index (χ4n) is 3.25. The number of aryl methyl sites for hydroxylation is 1. The van der Waals surface area contributed by atoms with Crippen LogP contribution < -0.4 is 5.73 Å². The van der Waals surface area contributed by atoms with Crippen LogP contribution in [0.2, 0.25) is 0 Å². The quantitative estimate of drug-likeness (QED) is 0.315. The minimum absolute atomic E-state index is 0.217. The molecule has 128 valence electrons. The van der Waals surface area contributed by atoms with Crippen molar-refractivity contribution in [2.75, 3.05) is 5.73 Å². The number of ether oxygens (including phenoxy) is 1. The molecule has 0 bridgehead atoms. The van der Waals surface area contributed by atoms with Crippen molar-refractivity contribution < 1.29 is 9.53 Å². The van der Waals surface area contributed by atoms with Gasteiger partial charge in [0, 0.05) is 11.3 Å². The van der Waals surface area contributed by atoms with Gasteiger partial charge in [-0.1, -0.05) is 54.6 Å². The first kappa shape index (κ1) is 16.2.